The number of rotatable bonds is 2. The third-order valence-electron chi connectivity index (χ3n) is 4.00. The fourth-order valence-electron chi connectivity index (χ4n) is 2.90. The summed E-state index contributed by atoms with van der Waals surface area (Å²) in [5.74, 6) is 0. The van der Waals surface area contributed by atoms with Crippen molar-refractivity contribution in [3.05, 3.63) is 77.4 Å². The molecule has 0 radical (unpaired) electrons. The number of nitrogen functional groups attached to an aromatic ring is 1. The van der Waals surface area contributed by atoms with E-state index in [-0.39, 0.29) is 22.4 Å². The second-order valence-electron chi connectivity index (χ2n) is 5.36. The first kappa shape index (κ1) is 15.8. The largest absolute Gasteiger partial charge is 0.397 e. The molecule has 0 unspecified atom stereocenters. The van der Waals surface area contributed by atoms with Crippen molar-refractivity contribution in [3.63, 3.8) is 0 Å². The number of benzene rings is 3. The zero-order valence-corrected chi connectivity index (χ0v) is 13.2. The maximum absolute atomic E-state index is 9.71. The van der Waals surface area contributed by atoms with E-state index in [4.69, 9.17) is 5.73 Å². The normalized spacial score (nSPS) is 9.64. The first-order chi connectivity index (χ1) is 12.2. The summed E-state index contributed by atoms with van der Waals surface area (Å²) < 4.78 is 0. The van der Waals surface area contributed by atoms with Gasteiger partial charge in [0.15, 0.2) is 0 Å². The zero-order valence-electron chi connectivity index (χ0n) is 13.2. The zero-order chi connectivity index (χ0) is 17.8. The Bertz CT molecular complexity index is 1060. The molecule has 0 amide bonds. The minimum Gasteiger partial charge on any atom is -0.397 e. The molecule has 0 bridgehead atoms. The van der Waals surface area contributed by atoms with Crippen molar-refractivity contribution in [1.82, 2.24) is 0 Å². The molecule has 4 heteroatoms. The van der Waals surface area contributed by atoms with Gasteiger partial charge in [0.1, 0.15) is 18.2 Å². The Morgan fingerprint density at radius 1 is 0.560 bits per heavy atom. The van der Waals surface area contributed by atoms with Crippen LogP contribution in [0, 0.1) is 34.0 Å². The lowest BCUT2D eigenvalue weighted by Crippen LogP contribution is -2.04. The Kier molecular flexibility index (Phi) is 4.17. The maximum atomic E-state index is 9.71. The van der Waals surface area contributed by atoms with E-state index in [1.165, 1.54) is 0 Å². The van der Waals surface area contributed by atoms with Crippen LogP contribution in [0.3, 0.4) is 0 Å². The molecule has 0 aromatic heterocycles. The standard InChI is InChI=1S/C21H12N4/c22-11-16-17(12-23)21(25)18(13-24)20(15-9-5-2-6-10-15)19(16)14-7-3-1-4-8-14/h1-10H,25H2. The SMILES string of the molecule is N#Cc1c(N)c(C#N)c(-c2ccccc2)c(-c2ccccc2)c1C#N. The molecule has 0 heterocycles. The molecule has 3 aromatic carbocycles. The Balaban J connectivity index is 2.58. The topological polar surface area (TPSA) is 97.4 Å². The van der Waals surface area contributed by atoms with Crippen molar-refractivity contribution in [2.75, 3.05) is 5.73 Å². The van der Waals surface area contributed by atoms with E-state index >= 15 is 0 Å². The van der Waals surface area contributed by atoms with Crippen LogP contribution < -0.4 is 5.73 Å². The second-order valence-corrected chi connectivity index (χ2v) is 5.36. The van der Waals surface area contributed by atoms with Crippen LogP contribution in [0.25, 0.3) is 22.3 Å². The Labute approximate surface area is 145 Å². The van der Waals surface area contributed by atoms with Crippen LogP contribution in [0.2, 0.25) is 0 Å². The van der Waals surface area contributed by atoms with Gasteiger partial charge in [0.25, 0.3) is 0 Å². The van der Waals surface area contributed by atoms with Gasteiger partial charge in [0, 0.05) is 11.1 Å². The predicted molar refractivity (Wildman–Crippen MR) is 95.9 cm³/mol. The van der Waals surface area contributed by atoms with Crippen LogP contribution in [0.5, 0.6) is 0 Å². The smallest absolute Gasteiger partial charge is 0.103 e. The molecule has 4 nitrogen and oxygen atoms in total. The Morgan fingerprint density at radius 3 is 1.36 bits per heavy atom. The third-order valence-corrected chi connectivity index (χ3v) is 4.00. The molecule has 116 valence electrons. The lowest BCUT2D eigenvalue weighted by atomic mass is 9.84. The second kappa shape index (κ2) is 6.59. The van der Waals surface area contributed by atoms with Crippen molar-refractivity contribution in [2.24, 2.45) is 0 Å². The monoisotopic (exact) mass is 320 g/mol. The van der Waals surface area contributed by atoms with E-state index in [0.29, 0.717) is 11.1 Å². The van der Waals surface area contributed by atoms with Crippen LogP contribution >= 0.6 is 0 Å². The molecule has 0 aliphatic rings. The lowest BCUT2D eigenvalue weighted by molar-refractivity contribution is 1.40. The van der Waals surface area contributed by atoms with E-state index in [0.717, 1.165) is 11.1 Å². The van der Waals surface area contributed by atoms with Gasteiger partial charge in [-0.15, -0.1) is 0 Å². The van der Waals surface area contributed by atoms with Gasteiger partial charge in [0.05, 0.1) is 22.4 Å². The fraction of sp³-hybridized carbons (Fsp3) is 0. The van der Waals surface area contributed by atoms with Crippen LogP contribution in [0.1, 0.15) is 16.7 Å². The number of nitrogens with zero attached hydrogens (tertiary/aromatic N) is 3. The van der Waals surface area contributed by atoms with Gasteiger partial charge in [0.2, 0.25) is 0 Å². The number of hydrogen-bond donors (Lipinski definition) is 1. The Hall–Kier alpha value is -4.07. The number of nitriles is 3. The quantitative estimate of drug-likeness (QED) is 0.715. The van der Waals surface area contributed by atoms with Crippen molar-refractivity contribution in [2.45, 2.75) is 0 Å². The van der Waals surface area contributed by atoms with Crippen LogP contribution in [-0.2, 0) is 0 Å². The highest BCUT2D eigenvalue weighted by atomic mass is 14.6. The van der Waals surface area contributed by atoms with E-state index in [1.54, 1.807) is 0 Å². The van der Waals surface area contributed by atoms with Crippen molar-refractivity contribution < 1.29 is 0 Å². The van der Waals surface area contributed by atoms with E-state index in [2.05, 4.69) is 12.1 Å². The molecule has 0 saturated carbocycles. The van der Waals surface area contributed by atoms with Crippen LogP contribution in [-0.4, -0.2) is 0 Å². The van der Waals surface area contributed by atoms with Gasteiger partial charge in [-0.25, -0.2) is 0 Å². The fourth-order valence-corrected chi connectivity index (χ4v) is 2.90. The highest BCUT2D eigenvalue weighted by Crippen LogP contribution is 2.42. The molecule has 0 aliphatic heterocycles. The summed E-state index contributed by atoms with van der Waals surface area (Å²) in [6, 6.07) is 24.7. The summed E-state index contributed by atoms with van der Waals surface area (Å²) in [5, 5.41) is 28.9. The van der Waals surface area contributed by atoms with Crippen molar-refractivity contribution in [3.8, 4) is 40.5 Å². The molecule has 3 aromatic rings. The number of hydrogen-bond acceptors (Lipinski definition) is 4. The van der Waals surface area contributed by atoms with Gasteiger partial charge >= 0.3 is 0 Å². The van der Waals surface area contributed by atoms with Gasteiger partial charge in [-0.05, 0) is 11.1 Å². The average molecular weight is 320 g/mol. The summed E-state index contributed by atoms with van der Waals surface area (Å²) in [6.07, 6.45) is 0. The Morgan fingerprint density at radius 2 is 0.960 bits per heavy atom. The summed E-state index contributed by atoms with van der Waals surface area (Å²) in [7, 11) is 0. The number of anilines is 1. The molecule has 25 heavy (non-hydrogen) atoms. The predicted octanol–water partition coefficient (Wildman–Crippen LogP) is 4.22. The van der Waals surface area contributed by atoms with Crippen LogP contribution in [0.4, 0.5) is 5.69 Å². The first-order valence-corrected chi connectivity index (χ1v) is 7.53. The third kappa shape index (κ3) is 2.57. The summed E-state index contributed by atoms with van der Waals surface area (Å²) in [5.41, 5.74) is 9.19. The van der Waals surface area contributed by atoms with Gasteiger partial charge in [-0.2, -0.15) is 15.8 Å². The average Bonchev–Trinajstić information content (AvgIpc) is 2.68. The molecule has 2 N–H and O–H groups in total. The molecule has 0 atom stereocenters. The van der Waals surface area contributed by atoms with E-state index in [9.17, 15) is 15.8 Å². The summed E-state index contributed by atoms with van der Waals surface area (Å²) in [4.78, 5) is 0. The summed E-state index contributed by atoms with van der Waals surface area (Å²) >= 11 is 0. The molecule has 3 rings (SSSR count). The minimum atomic E-state index is 0.0394. The first-order valence-electron chi connectivity index (χ1n) is 7.53. The lowest BCUT2D eigenvalue weighted by Gasteiger charge is -2.17. The van der Waals surface area contributed by atoms with Crippen molar-refractivity contribution >= 4 is 5.69 Å². The molecule has 0 fully saturated rings. The van der Waals surface area contributed by atoms with Gasteiger partial charge in [-0.1, -0.05) is 60.7 Å². The highest BCUT2D eigenvalue weighted by Gasteiger charge is 2.24. The molecule has 0 saturated heterocycles. The minimum absolute atomic E-state index is 0.0394. The van der Waals surface area contributed by atoms with Crippen LogP contribution in [0.15, 0.2) is 60.7 Å². The van der Waals surface area contributed by atoms with E-state index < -0.39 is 0 Å². The van der Waals surface area contributed by atoms with E-state index in [1.807, 2.05) is 66.7 Å². The molecular formula is C21H12N4. The van der Waals surface area contributed by atoms with Gasteiger partial charge < -0.3 is 5.73 Å². The molecular weight excluding hydrogens is 308 g/mol. The molecule has 0 spiro atoms. The number of nitrogens with two attached hydrogens (primary N) is 1. The van der Waals surface area contributed by atoms with Crippen molar-refractivity contribution in [1.29, 1.82) is 15.8 Å². The highest BCUT2D eigenvalue weighted by molar-refractivity contribution is 5.96. The summed E-state index contributed by atoms with van der Waals surface area (Å²) in [6.45, 7) is 0. The van der Waals surface area contributed by atoms with Gasteiger partial charge in [-0.3, -0.25) is 0 Å². The maximum Gasteiger partial charge on any atom is 0.103 e. The molecule has 0 aliphatic carbocycles.